The molecule has 0 radical (unpaired) electrons. The van der Waals surface area contributed by atoms with Crippen molar-refractivity contribution in [2.45, 2.75) is 25.8 Å². The molecule has 1 amide bonds. The van der Waals surface area contributed by atoms with Gasteiger partial charge in [-0.05, 0) is 55.8 Å². The Balaban J connectivity index is 1.51. The molecule has 0 saturated carbocycles. The number of carbonyl (C=O) groups is 1. The smallest absolute Gasteiger partial charge is 0.307 e. The summed E-state index contributed by atoms with van der Waals surface area (Å²) in [7, 11) is 0. The second-order valence-electron chi connectivity index (χ2n) is 7.01. The molecule has 2 N–H and O–H groups in total. The Morgan fingerprint density at radius 3 is 2.43 bits per heavy atom. The van der Waals surface area contributed by atoms with E-state index in [-0.39, 0.29) is 5.02 Å². The minimum atomic E-state index is -0.557. The minimum absolute atomic E-state index is 0.275. The van der Waals surface area contributed by atoms with Gasteiger partial charge in [-0.3, -0.25) is 4.90 Å². The lowest BCUT2D eigenvalue weighted by Crippen LogP contribution is -2.29. The van der Waals surface area contributed by atoms with Crippen molar-refractivity contribution in [2.24, 2.45) is 0 Å². The highest BCUT2D eigenvalue weighted by Gasteiger charge is 2.16. The van der Waals surface area contributed by atoms with E-state index in [4.69, 9.17) is 23.2 Å². The lowest BCUT2D eigenvalue weighted by molar-refractivity contribution is 0.221. The largest absolute Gasteiger partial charge is 0.334 e. The van der Waals surface area contributed by atoms with E-state index in [0.717, 1.165) is 24.2 Å². The van der Waals surface area contributed by atoms with Crippen LogP contribution in [0.25, 0.3) is 11.0 Å². The third kappa shape index (κ3) is 3.94. The fraction of sp³-hybridized carbons (Fsp3) is 0.300. The molecule has 0 atom stereocenters. The molecule has 3 aromatic rings. The van der Waals surface area contributed by atoms with E-state index in [0.29, 0.717) is 21.7 Å². The van der Waals surface area contributed by atoms with Crippen LogP contribution in [0.4, 0.5) is 10.5 Å². The zero-order valence-corrected chi connectivity index (χ0v) is 16.7. The van der Waals surface area contributed by atoms with Crippen LogP contribution in [-0.4, -0.2) is 33.6 Å². The molecule has 146 valence electrons. The zero-order chi connectivity index (χ0) is 19.7. The van der Waals surface area contributed by atoms with Gasteiger partial charge in [-0.2, -0.15) is 0 Å². The number of H-pyrrole nitrogens is 1. The molecular formula is C20H20Cl2N4O2. The molecule has 1 aromatic heterocycles. The molecule has 2 aromatic carbocycles. The van der Waals surface area contributed by atoms with Crippen LogP contribution in [-0.2, 0) is 6.54 Å². The average Bonchev–Trinajstić information content (AvgIpc) is 2.99. The molecule has 28 heavy (non-hydrogen) atoms. The van der Waals surface area contributed by atoms with E-state index in [9.17, 15) is 9.59 Å². The number of aromatic amines is 1. The van der Waals surface area contributed by atoms with Crippen LogP contribution in [0.2, 0.25) is 10.0 Å². The fourth-order valence-electron chi connectivity index (χ4n) is 3.55. The molecule has 0 bridgehead atoms. The standard InChI is InChI=1S/C20H20Cl2N4O2/c21-15-10-17-18(11-16(15)22)26(20(28)24-17)19(27)23-14-6-4-13(5-7-14)12-25-8-2-1-3-9-25/h4-7,10-11H,1-3,8-9,12H2,(H,23,27)(H,24,28). The SMILES string of the molecule is O=C(Nc1ccc(CN2CCCCC2)cc1)n1c(=O)[nH]c2cc(Cl)c(Cl)cc21. The minimum Gasteiger partial charge on any atom is -0.307 e. The van der Waals surface area contributed by atoms with Crippen molar-refractivity contribution in [1.82, 2.24) is 14.5 Å². The lowest BCUT2D eigenvalue weighted by Gasteiger charge is -2.26. The van der Waals surface area contributed by atoms with Crippen LogP contribution in [0.3, 0.4) is 0 Å². The predicted molar refractivity (Wildman–Crippen MR) is 113 cm³/mol. The van der Waals surface area contributed by atoms with Crippen molar-refractivity contribution in [2.75, 3.05) is 18.4 Å². The van der Waals surface area contributed by atoms with Crippen molar-refractivity contribution in [1.29, 1.82) is 0 Å². The zero-order valence-electron chi connectivity index (χ0n) is 15.2. The maximum Gasteiger partial charge on any atom is 0.334 e. The summed E-state index contributed by atoms with van der Waals surface area (Å²) in [5, 5.41) is 3.34. The number of nitrogens with one attached hydrogen (secondary N) is 2. The highest BCUT2D eigenvalue weighted by molar-refractivity contribution is 6.42. The van der Waals surface area contributed by atoms with E-state index in [1.807, 2.05) is 24.3 Å². The number of imidazole rings is 1. The van der Waals surface area contributed by atoms with Crippen molar-refractivity contribution in [3.05, 3.63) is 62.5 Å². The highest BCUT2D eigenvalue weighted by Crippen LogP contribution is 2.26. The van der Waals surface area contributed by atoms with Gasteiger partial charge in [0, 0.05) is 12.2 Å². The van der Waals surface area contributed by atoms with Gasteiger partial charge in [0.25, 0.3) is 0 Å². The molecule has 1 fully saturated rings. The van der Waals surface area contributed by atoms with Gasteiger partial charge < -0.3 is 10.3 Å². The van der Waals surface area contributed by atoms with Gasteiger partial charge >= 0.3 is 11.7 Å². The Morgan fingerprint density at radius 1 is 1.04 bits per heavy atom. The van der Waals surface area contributed by atoms with Gasteiger partial charge in [-0.25, -0.2) is 14.2 Å². The van der Waals surface area contributed by atoms with E-state index in [2.05, 4.69) is 15.2 Å². The molecule has 8 heteroatoms. The number of likely N-dealkylation sites (tertiary alicyclic amines) is 1. The number of amides is 1. The molecule has 2 heterocycles. The lowest BCUT2D eigenvalue weighted by atomic mass is 10.1. The summed E-state index contributed by atoms with van der Waals surface area (Å²) in [4.78, 5) is 29.9. The van der Waals surface area contributed by atoms with Gasteiger partial charge in [-0.1, -0.05) is 41.8 Å². The van der Waals surface area contributed by atoms with E-state index >= 15 is 0 Å². The summed E-state index contributed by atoms with van der Waals surface area (Å²) in [6.45, 7) is 3.18. The first-order valence-electron chi connectivity index (χ1n) is 9.24. The number of fused-ring (bicyclic) bond motifs is 1. The number of benzene rings is 2. The summed E-state index contributed by atoms with van der Waals surface area (Å²) in [6.07, 6.45) is 3.82. The molecule has 0 unspecified atom stereocenters. The van der Waals surface area contributed by atoms with E-state index in [1.165, 1.54) is 37.0 Å². The van der Waals surface area contributed by atoms with Crippen LogP contribution in [0.1, 0.15) is 24.8 Å². The number of hydrogen-bond donors (Lipinski definition) is 2. The third-order valence-corrected chi connectivity index (χ3v) is 5.71. The normalized spacial score (nSPS) is 15.1. The van der Waals surface area contributed by atoms with Gasteiger partial charge in [0.15, 0.2) is 0 Å². The maximum atomic E-state index is 12.7. The molecule has 1 aliphatic rings. The number of carbonyl (C=O) groups excluding carboxylic acids is 1. The average molecular weight is 419 g/mol. The Kier molecular flexibility index (Phi) is 5.44. The first kappa shape index (κ1) is 19.1. The molecule has 6 nitrogen and oxygen atoms in total. The Labute approximate surface area is 172 Å². The van der Waals surface area contributed by atoms with Crippen molar-refractivity contribution in [3.63, 3.8) is 0 Å². The predicted octanol–water partition coefficient (Wildman–Crippen LogP) is 4.70. The van der Waals surface area contributed by atoms with Gasteiger partial charge in [0.05, 0.1) is 21.1 Å². The fourth-order valence-corrected chi connectivity index (χ4v) is 3.87. The van der Waals surface area contributed by atoms with Gasteiger partial charge in [-0.15, -0.1) is 0 Å². The van der Waals surface area contributed by atoms with Crippen molar-refractivity contribution < 1.29 is 4.79 Å². The number of rotatable bonds is 3. The van der Waals surface area contributed by atoms with Gasteiger partial charge in [0.2, 0.25) is 0 Å². The number of anilines is 1. The van der Waals surface area contributed by atoms with Crippen molar-refractivity contribution in [3.8, 4) is 0 Å². The van der Waals surface area contributed by atoms with E-state index in [1.54, 1.807) is 0 Å². The Hall–Kier alpha value is -2.28. The molecule has 1 saturated heterocycles. The van der Waals surface area contributed by atoms with Crippen LogP contribution in [0, 0.1) is 0 Å². The molecule has 1 aliphatic heterocycles. The Morgan fingerprint density at radius 2 is 1.71 bits per heavy atom. The van der Waals surface area contributed by atoms with Crippen LogP contribution in [0.15, 0.2) is 41.2 Å². The van der Waals surface area contributed by atoms with Crippen LogP contribution >= 0.6 is 23.2 Å². The van der Waals surface area contributed by atoms with E-state index < -0.39 is 11.7 Å². The van der Waals surface area contributed by atoms with Crippen LogP contribution < -0.4 is 11.0 Å². The second kappa shape index (κ2) is 7.99. The highest BCUT2D eigenvalue weighted by atomic mass is 35.5. The third-order valence-electron chi connectivity index (χ3n) is 4.99. The Bertz CT molecular complexity index is 1070. The number of aromatic nitrogens is 2. The second-order valence-corrected chi connectivity index (χ2v) is 7.83. The summed E-state index contributed by atoms with van der Waals surface area (Å²) < 4.78 is 1.01. The first-order chi connectivity index (χ1) is 13.5. The summed E-state index contributed by atoms with van der Waals surface area (Å²) in [5.74, 6) is 0. The number of halogens is 2. The van der Waals surface area contributed by atoms with Crippen LogP contribution in [0.5, 0.6) is 0 Å². The van der Waals surface area contributed by atoms with Crippen molar-refractivity contribution >= 4 is 46.0 Å². The molecule has 0 aliphatic carbocycles. The summed E-state index contributed by atoms with van der Waals surface area (Å²) in [5.41, 5.74) is 2.09. The number of nitrogens with zero attached hydrogens (tertiary/aromatic N) is 2. The molecule has 4 rings (SSSR count). The monoisotopic (exact) mass is 418 g/mol. The number of piperidine rings is 1. The first-order valence-corrected chi connectivity index (χ1v) is 9.99. The molecular weight excluding hydrogens is 399 g/mol. The molecule has 0 spiro atoms. The number of hydrogen-bond acceptors (Lipinski definition) is 3. The maximum absolute atomic E-state index is 12.7. The quantitative estimate of drug-likeness (QED) is 0.647. The summed E-state index contributed by atoms with van der Waals surface area (Å²) >= 11 is 12.0. The summed E-state index contributed by atoms with van der Waals surface area (Å²) in [6, 6.07) is 10.2. The topological polar surface area (TPSA) is 70.1 Å². The van der Waals surface area contributed by atoms with Gasteiger partial charge in [0.1, 0.15) is 0 Å².